The summed E-state index contributed by atoms with van der Waals surface area (Å²) in [6.45, 7) is 1.62. The number of hydrogen-bond donors (Lipinski definition) is 0. The minimum absolute atomic E-state index is 0.0739. The Labute approximate surface area is 103 Å². The predicted octanol–water partition coefficient (Wildman–Crippen LogP) is 3.57. The molecule has 1 aromatic carbocycles. The molecular weight excluding hydrogens is 258 g/mol. The van der Waals surface area contributed by atoms with Gasteiger partial charge in [-0.15, -0.1) is 11.6 Å². The van der Waals surface area contributed by atoms with Crippen molar-refractivity contribution in [2.24, 2.45) is 0 Å². The van der Waals surface area contributed by atoms with Crippen LogP contribution in [0.4, 0.5) is 0 Å². The minimum Gasteiger partial charge on any atom is -0.483 e. The monoisotopic (exact) mass is 266 g/mol. The Balaban J connectivity index is 2.76. The Morgan fingerprint density at radius 2 is 1.87 bits per heavy atom. The summed E-state index contributed by atoms with van der Waals surface area (Å²) in [5.74, 6) is 0.196. The average molecular weight is 268 g/mol. The van der Waals surface area contributed by atoms with Crippen molar-refractivity contribution in [2.45, 2.75) is 13.0 Å². The molecule has 0 saturated heterocycles. The van der Waals surface area contributed by atoms with Crippen molar-refractivity contribution < 1.29 is 9.53 Å². The number of rotatable bonds is 4. The molecule has 0 heterocycles. The molecule has 0 amide bonds. The van der Waals surface area contributed by atoms with Crippen molar-refractivity contribution in [1.82, 2.24) is 0 Å². The molecule has 0 spiro atoms. The zero-order chi connectivity index (χ0) is 11.4. The summed E-state index contributed by atoms with van der Waals surface area (Å²) in [5, 5.41) is 0.922. The molecule has 0 N–H and O–H groups in total. The second kappa shape index (κ2) is 5.59. The second-order valence-corrected chi connectivity index (χ2v) is 4.11. The van der Waals surface area contributed by atoms with Gasteiger partial charge in [-0.05, 0) is 25.1 Å². The first-order chi connectivity index (χ1) is 7.02. The predicted molar refractivity (Wildman–Crippen MR) is 62.3 cm³/mol. The maximum Gasteiger partial charge on any atom is 0.187 e. The standard InChI is InChI=1S/C10H9Cl3O2/c1-6(10(14)5-11)15-9-3-7(12)2-8(13)4-9/h2-4,6H,5H2,1H3. The lowest BCUT2D eigenvalue weighted by molar-refractivity contribution is -0.122. The lowest BCUT2D eigenvalue weighted by atomic mass is 10.3. The number of halogens is 3. The van der Waals surface area contributed by atoms with E-state index in [-0.39, 0.29) is 11.7 Å². The SMILES string of the molecule is CC(Oc1cc(Cl)cc(Cl)c1)C(=O)CCl. The Hall–Kier alpha value is -0.440. The van der Waals surface area contributed by atoms with Crippen LogP contribution in [0, 0.1) is 0 Å². The molecule has 0 saturated carbocycles. The van der Waals surface area contributed by atoms with E-state index in [4.69, 9.17) is 39.5 Å². The van der Waals surface area contributed by atoms with Gasteiger partial charge in [0.25, 0.3) is 0 Å². The lowest BCUT2D eigenvalue weighted by Crippen LogP contribution is -2.24. The smallest absolute Gasteiger partial charge is 0.187 e. The van der Waals surface area contributed by atoms with Gasteiger partial charge in [-0.2, -0.15) is 0 Å². The molecule has 82 valence electrons. The molecule has 1 unspecified atom stereocenters. The molecule has 1 atom stereocenters. The Kier molecular flexibility index (Phi) is 4.71. The fraction of sp³-hybridized carbons (Fsp3) is 0.300. The number of benzene rings is 1. The Bertz CT molecular complexity index is 345. The normalized spacial score (nSPS) is 12.3. The quantitative estimate of drug-likeness (QED) is 0.780. The van der Waals surface area contributed by atoms with Crippen molar-refractivity contribution in [1.29, 1.82) is 0 Å². The molecule has 2 nitrogen and oxygen atoms in total. The van der Waals surface area contributed by atoms with Crippen LogP contribution in [0.1, 0.15) is 6.92 Å². The van der Waals surface area contributed by atoms with Gasteiger partial charge in [0.15, 0.2) is 11.9 Å². The summed E-state index contributed by atoms with van der Waals surface area (Å²) in [4.78, 5) is 11.2. The topological polar surface area (TPSA) is 26.3 Å². The lowest BCUT2D eigenvalue weighted by Gasteiger charge is -2.12. The second-order valence-electron chi connectivity index (χ2n) is 2.97. The van der Waals surface area contributed by atoms with E-state index >= 15 is 0 Å². The van der Waals surface area contributed by atoms with E-state index in [1.165, 1.54) is 0 Å². The van der Waals surface area contributed by atoms with E-state index in [0.29, 0.717) is 15.8 Å². The zero-order valence-electron chi connectivity index (χ0n) is 7.97. The molecule has 1 aromatic rings. The van der Waals surface area contributed by atoms with Crippen LogP contribution in [-0.2, 0) is 4.79 Å². The van der Waals surface area contributed by atoms with E-state index in [9.17, 15) is 4.79 Å². The van der Waals surface area contributed by atoms with Gasteiger partial charge in [0.1, 0.15) is 5.75 Å². The van der Waals surface area contributed by atoms with E-state index < -0.39 is 6.10 Å². The number of ketones is 1. The van der Waals surface area contributed by atoms with Crippen LogP contribution in [0.15, 0.2) is 18.2 Å². The number of hydrogen-bond acceptors (Lipinski definition) is 2. The molecule has 0 radical (unpaired) electrons. The van der Waals surface area contributed by atoms with Crippen LogP contribution in [0.5, 0.6) is 5.75 Å². The van der Waals surface area contributed by atoms with Gasteiger partial charge >= 0.3 is 0 Å². The van der Waals surface area contributed by atoms with Crippen LogP contribution >= 0.6 is 34.8 Å². The highest BCUT2D eigenvalue weighted by atomic mass is 35.5. The third-order valence-corrected chi connectivity index (χ3v) is 2.43. The van der Waals surface area contributed by atoms with Crippen LogP contribution in [0.25, 0.3) is 0 Å². The summed E-state index contributed by atoms with van der Waals surface area (Å²) in [6.07, 6.45) is -0.600. The molecule has 1 rings (SSSR count). The zero-order valence-corrected chi connectivity index (χ0v) is 10.2. The van der Waals surface area contributed by atoms with Crippen molar-refractivity contribution in [2.75, 3.05) is 5.88 Å². The van der Waals surface area contributed by atoms with Crippen LogP contribution in [-0.4, -0.2) is 17.8 Å². The summed E-state index contributed by atoms with van der Waals surface area (Å²) in [5.41, 5.74) is 0. The Morgan fingerprint density at radius 3 is 2.33 bits per heavy atom. The number of ether oxygens (including phenoxy) is 1. The summed E-state index contributed by atoms with van der Waals surface area (Å²) in [7, 11) is 0. The molecular formula is C10H9Cl3O2. The van der Waals surface area contributed by atoms with Crippen molar-refractivity contribution in [3.8, 4) is 5.75 Å². The van der Waals surface area contributed by atoms with Crippen molar-refractivity contribution in [3.63, 3.8) is 0 Å². The van der Waals surface area contributed by atoms with Crippen LogP contribution < -0.4 is 4.74 Å². The van der Waals surface area contributed by atoms with E-state index in [1.54, 1.807) is 25.1 Å². The first-order valence-electron chi connectivity index (χ1n) is 4.24. The number of carbonyl (C=O) groups is 1. The molecule has 0 aliphatic rings. The summed E-state index contributed by atoms with van der Waals surface area (Å²) in [6, 6.07) is 4.76. The van der Waals surface area contributed by atoms with Gasteiger partial charge < -0.3 is 4.74 Å². The van der Waals surface area contributed by atoms with Gasteiger partial charge in [0, 0.05) is 10.0 Å². The van der Waals surface area contributed by atoms with Gasteiger partial charge in [-0.25, -0.2) is 0 Å². The minimum atomic E-state index is -0.600. The first kappa shape index (κ1) is 12.6. The van der Waals surface area contributed by atoms with Gasteiger partial charge in [0.05, 0.1) is 5.88 Å². The highest BCUT2D eigenvalue weighted by molar-refractivity contribution is 6.34. The maximum absolute atomic E-state index is 11.2. The number of Topliss-reactive ketones (excluding diaryl/α,β-unsaturated/α-hetero) is 1. The third kappa shape index (κ3) is 3.90. The molecule has 0 fully saturated rings. The highest BCUT2D eigenvalue weighted by Gasteiger charge is 2.13. The first-order valence-corrected chi connectivity index (χ1v) is 5.53. The van der Waals surface area contributed by atoms with Gasteiger partial charge in [-0.1, -0.05) is 23.2 Å². The molecule has 0 aliphatic carbocycles. The maximum atomic E-state index is 11.2. The third-order valence-electron chi connectivity index (χ3n) is 1.73. The van der Waals surface area contributed by atoms with E-state index in [0.717, 1.165) is 0 Å². The largest absolute Gasteiger partial charge is 0.483 e. The summed E-state index contributed by atoms with van der Waals surface area (Å²) >= 11 is 16.9. The van der Waals surface area contributed by atoms with Gasteiger partial charge in [0.2, 0.25) is 0 Å². The van der Waals surface area contributed by atoms with Crippen LogP contribution in [0.3, 0.4) is 0 Å². The van der Waals surface area contributed by atoms with Gasteiger partial charge in [-0.3, -0.25) is 4.79 Å². The number of alkyl halides is 1. The van der Waals surface area contributed by atoms with Crippen LogP contribution in [0.2, 0.25) is 10.0 Å². The van der Waals surface area contributed by atoms with Crippen molar-refractivity contribution >= 4 is 40.6 Å². The molecule has 0 aromatic heterocycles. The average Bonchev–Trinajstić information content (AvgIpc) is 2.14. The Morgan fingerprint density at radius 1 is 1.33 bits per heavy atom. The van der Waals surface area contributed by atoms with E-state index in [1.807, 2.05) is 0 Å². The highest BCUT2D eigenvalue weighted by Crippen LogP contribution is 2.24. The fourth-order valence-corrected chi connectivity index (χ4v) is 1.70. The van der Waals surface area contributed by atoms with Crippen molar-refractivity contribution in [3.05, 3.63) is 28.2 Å². The molecule has 0 bridgehead atoms. The molecule has 0 aliphatic heterocycles. The van der Waals surface area contributed by atoms with E-state index in [2.05, 4.69) is 0 Å². The molecule has 15 heavy (non-hydrogen) atoms. The molecule has 5 heteroatoms. The summed E-state index contributed by atoms with van der Waals surface area (Å²) < 4.78 is 5.33. The number of carbonyl (C=O) groups excluding carboxylic acids is 1. The fourth-order valence-electron chi connectivity index (χ4n) is 0.975.